The number of imidazole rings is 1. The molecule has 0 aliphatic heterocycles. The topological polar surface area (TPSA) is 47.4 Å². The van der Waals surface area contributed by atoms with Crippen molar-refractivity contribution in [1.82, 2.24) is 9.55 Å². The van der Waals surface area contributed by atoms with E-state index < -0.39 is 0 Å². The molecule has 0 spiro atoms. The Kier molecular flexibility index (Phi) is 6.04. The lowest BCUT2D eigenvalue weighted by Crippen LogP contribution is -2.22. The number of anilines is 1. The molecule has 27 heavy (non-hydrogen) atoms. The van der Waals surface area contributed by atoms with E-state index in [4.69, 9.17) is 27.9 Å². The summed E-state index contributed by atoms with van der Waals surface area (Å²) in [6, 6.07) is 12.7. The van der Waals surface area contributed by atoms with Crippen LogP contribution in [0.1, 0.15) is 18.6 Å². The number of ether oxygens (including phenoxy) is 1. The first-order valence-electron chi connectivity index (χ1n) is 8.36. The van der Waals surface area contributed by atoms with Gasteiger partial charge >= 0.3 is 0 Å². The van der Waals surface area contributed by atoms with Crippen LogP contribution in [-0.2, 0) is 11.3 Å². The Morgan fingerprint density at radius 1 is 1.26 bits per heavy atom. The van der Waals surface area contributed by atoms with Crippen LogP contribution < -0.4 is 9.64 Å². The molecule has 1 heterocycles. The Morgan fingerprint density at radius 3 is 2.74 bits per heavy atom. The van der Waals surface area contributed by atoms with Crippen molar-refractivity contribution in [3.8, 4) is 5.75 Å². The molecule has 1 amide bonds. The summed E-state index contributed by atoms with van der Waals surface area (Å²) >= 11 is 12.4. The SMILES string of the molecule is CC(=O)N(C)c1cccc(OC(Cn2ccnc2)c2ccc(Cl)cc2Cl)c1. The van der Waals surface area contributed by atoms with E-state index in [0.29, 0.717) is 22.3 Å². The summed E-state index contributed by atoms with van der Waals surface area (Å²) in [6.07, 6.45) is 4.94. The van der Waals surface area contributed by atoms with Crippen LogP contribution in [0.5, 0.6) is 5.75 Å². The number of carbonyl (C=O) groups excluding carboxylic acids is 1. The van der Waals surface area contributed by atoms with Gasteiger partial charge in [0.15, 0.2) is 0 Å². The number of hydrogen-bond acceptors (Lipinski definition) is 3. The molecule has 1 aromatic heterocycles. The lowest BCUT2D eigenvalue weighted by atomic mass is 10.1. The van der Waals surface area contributed by atoms with E-state index in [2.05, 4.69) is 4.98 Å². The van der Waals surface area contributed by atoms with Crippen molar-refractivity contribution in [3.63, 3.8) is 0 Å². The Hall–Kier alpha value is -2.50. The first kappa shape index (κ1) is 19.3. The zero-order valence-corrected chi connectivity index (χ0v) is 16.5. The summed E-state index contributed by atoms with van der Waals surface area (Å²) in [6.45, 7) is 2.04. The molecule has 0 fully saturated rings. The van der Waals surface area contributed by atoms with Crippen molar-refractivity contribution in [2.75, 3.05) is 11.9 Å². The third-order valence-electron chi connectivity index (χ3n) is 4.20. The van der Waals surface area contributed by atoms with Gasteiger partial charge < -0.3 is 14.2 Å². The average molecular weight is 404 g/mol. The molecule has 7 heteroatoms. The fraction of sp³-hybridized carbons (Fsp3) is 0.200. The van der Waals surface area contributed by atoms with E-state index in [1.54, 1.807) is 36.6 Å². The molecule has 1 atom stereocenters. The normalized spacial score (nSPS) is 11.9. The number of halogens is 2. The molecule has 2 aromatic carbocycles. The molecule has 3 rings (SSSR count). The highest BCUT2D eigenvalue weighted by Gasteiger charge is 2.19. The second kappa shape index (κ2) is 8.46. The van der Waals surface area contributed by atoms with Crippen molar-refractivity contribution in [2.45, 2.75) is 19.6 Å². The van der Waals surface area contributed by atoms with Crippen LogP contribution in [0.2, 0.25) is 10.0 Å². The minimum absolute atomic E-state index is 0.0529. The summed E-state index contributed by atoms with van der Waals surface area (Å²) < 4.78 is 8.17. The molecule has 0 bridgehead atoms. The van der Waals surface area contributed by atoms with E-state index in [9.17, 15) is 4.79 Å². The first-order chi connectivity index (χ1) is 12.9. The maximum atomic E-state index is 11.6. The minimum atomic E-state index is -0.359. The third kappa shape index (κ3) is 4.81. The fourth-order valence-corrected chi connectivity index (χ4v) is 3.19. The molecule has 0 aliphatic carbocycles. The number of hydrogen-bond donors (Lipinski definition) is 0. The van der Waals surface area contributed by atoms with E-state index in [0.717, 1.165) is 11.3 Å². The summed E-state index contributed by atoms with van der Waals surface area (Å²) in [5.74, 6) is 0.583. The van der Waals surface area contributed by atoms with Crippen LogP contribution in [0.25, 0.3) is 0 Å². The second-order valence-electron chi connectivity index (χ2n) is 6.11. The monoisotopic (exact) mass is 403 g/mol. The van der Waals surface area contributed by atoms with Gasteiger partial charge in [-0.1, -0.05) is 35.3 Å². The van der Waals surface area contributed by atoms with Crippen LogP contribution in [0.4, 0.5) is 5.69 Å². The van der Waals surface area contributed by atoms with Crippen molar-refractivity contribution in [3.05, 3.63) is 76.8 Å². The zero-order chi connectivity index (χ0) is 19.4. The van der Waals surface area contributed by atoms with Crippen molar-refractivity contribution < 1.29 is 9.53 Å². The Morgan fingerprint density at radius 2 is 2.07 bits per heavy atom. The second-order valence-corrected chi connectivity index (χ2v) is 6.95. The number of benzene rings is 2. The van der Waals surface area contributed by atoms with E-state index in [-0.39, 0.29) is 12.0 Å². The number of aromatic nitrogens is 2. The summed E-state index contributed by atoms with van der Waals surface area (Å²) in [4.78, 5) is 17.3. The maximum Gasteiger partial charge on any atom is 0.223 e. The number of rotatable bonds is 6. The van der Waals surface area contributed by atoms with E-state index in [1.165, 1.54) is 6.92 Å². The predicted octanol–water partition coefficient (Wildman–Crippen LogP) is 4.99. The number of amides is 1. The highest BCUT2D eigenvalue weighted by Crippen LogP contribution is 2.32. The highest BCUT2D eigenvalue weighted by atomic mass is 35.5. The van der Waals surface area contributed by atoms with Gasteiger partial charge in [-0.05, 0) is 24.3 Å². The smallest absolute Gasteiger partial charge is 0.223 e. The number of carbonyl (C=O) groups is 1. The van der Waals surface area contributed by atoms with Crippen molar-refractivity contribution in [1.29, 1.82) is 0 Å². The minimum Gasteiger partial charge on any atom is -0.484 e. The van der Waals surface area contributed by atoms with Crippen molar-refractivity contribution in [2.24, 2.45) is 0 Å². The molecule has 3 aromatic rings. The molecule has 5 nitrogen and oxygen atoms in total. The lowest BCUT2D eigenvalue weighted by molar-refractivity contribution is -0.116. The van der Waals surface area contributed by atoms with Crippen LogP contribution in [-0.4, -0.2) is 22.5 Å². The van der Waals surface area contributed by atoms with Gasteiger partial charge in [0.1, 0.15) is 11.9 Å². The fourth-order valence-electron chi connectivity index (χ4n) is 2.66. The average Bonchev–Trinajstić information content (AvgIpc) is 3.14. The van der Waals surface area contributed by atoms with E-state index in [1.807, 2.05) is 41.1 Å². The van der Waals surface area contributed by atoms with Gasteiger partial charge in [0.05, 0.1) is 12.9 Å². The van der Waals surface area contributed by atoms with Crippen LogP contribution in [0.15, 0.2) is 61.2 Å². The van der Waals surface area contributed by atoms with Crippen LogP contribution >= 0.6 is 23.2 Å². The van der Waals surface area contributed by atoms with Gasteiger partial charge in [-0.25, -0.2) is 4.98 Å². The van der Waals surface area contributed by atoms with Gasteiger partial charge in [0.2, 0.25) is 5.91 Å². The van der Waals surface area contributed by atoms with Gasteiger partial charge in [-0.2, -0.15) is 0 Å². The molecule has 0 saturated heterocycles. The molecule has 1 unspecified atom stereocenters. The molecule has 0 aliphatic rings. The zero-order valence-electron chi connectivity index (χ0n) is 15.0. The molecular formula is C20H19Cl2N3O2. The predicted molar refractivity (Wildman–Crippen MR) is 108 cm³/mol. The van der Waals surface area contributed by atoms with Gasteiger partial charge in [-0.3, -0.25) is 4.79 Å². The Balaban J connectivity index is 1.92. The van der Waals surface area contributed by atoms with Crippen molar-refractivity contribution >= 4 is 34.8 Å². The summed E-state index contributed by atoms with van der Waals surface area (Å²) in [7, 11) is 1.72. The molecule has 0 N–H and O–H groups in total. The molecule has 0 radical (unpaired) electrons. The van der Waals surface area contributed by atoms with Gasteiger partial charge in [-0.15, -0.1) is 0 Å². The van der Waals surface area contributed by atoms with Crippen LogP contribution in [0.3, 0.4) is 0 Å². The highest BCUT2D eigenvalue weighted by molar-refractivity contribution is 6.35. The first-order valence-corrected chi connectivity index (χ1v) is 9.11. The molecule has 140 valence electrons. The summed E-state index contributed by atoms with van der Waals surface area (Å²) in [5, 5.41) is 1.10. The summed E-state index contributed by atoms with van der Waals surface area (Å²) in [5.41, 5.74) is 1.57. The largest absolute Gasteiger partial charge is 0.484 e. The standard InChI is InChI=1S/C20H19Cl2N3O2/c1-14(26)24(2)16-4-3-5-17(11-16)27-20(12-25-9-8-23-13-25)18-7-6-15(21)10-19(18)22/h3-11,13,20H,12H2,1-2H3. The Bertz CT molecular complexity index is 929. The quantitative estimate of drug-likeness (QED) is 0.582. The van der Waals surface area contributed by atoms with Gasteiger partial charge in [0.25, 0.3) is 0 Å². The molecular weight excluding hydrogens is 385 g/mol. The Labute approximate surface area is 168 Å². The van der Waals surface area contributed by atoms with Gasteiger partial charge in [0, 0.05) is 53.7 Å². The third-order valence-corrected chi connectivity index (χ3v) is 4.76. The maximum absolute atomic E-state index is 11.6. The van der Waals surface area contributed by atoms with E-state index >= 15 is 0 Å². The van der Waals surface area contributed by atoms with Crippen LogP contribution in [0, 0.1) is 0 Å². The lowest BCUT2D eigenvalue weighted by Gasteiger charge is -2.22. The number of nitrogens with zero attached hydrogens (tertiary/aromatic N) is 3. The molecule has 0 saturated carbocycles.